The largest absolute Gasteiger partial charge is 0.369 e. The van der Waals surface area contributed by atoms with Crippen molar-refractivity contribution in [2.75, 3.05) is 0 Å². The van der Waals surface area contributed by atoms with Crippen LogP contribution in [-0.2, 0) is 11.2 Å². The number of hydrogen-bond acceptors (Lipinski definition) is 3. The highest BCUT2D eigenvalue weighted by molar-refractivity contribution is 7.15. The molecule has 0 saturated carbocycles. The average Bonchev–Trinajstić information content (AvgIpc) is 2.43. The van der Waals surface area contributed by atoms with Crippen LogP contribution in [0.2, 0.25) is 0 Å². The predicted molar refractivity (Wildman–Crippen MR) is 46.0 cm³/mol. The molecule has 0 saturated heterocycles. The van der Waals surface area contributed by atoms with E-state index in [0.29, 0.717) is 0 Å². The Labute approximate surface area is 72.6 Å². The highest BCUT2D eigenvalue weighted by atomic mass is 32.1. The third-order valence-electron chi connectivity index (χ3n) is 1.50. The van der Waals surface area contributed by atoms with E-state index in [1.54, 1.807) is 0 Å². The van der Waals surface area contributed by atoms with Gasteiger partial charge in [0, 0.05) is 17.8 Å². The summed E-state index contributed by atoms with van der Waals surface area (Å²) < 4.78 is 1.88. The van der Waals surface area contributed by atoms with Gasteiger partial charge in [-0.3, -0.25) is 9.20 Å². The molecule has 1 amide bonds. The number of thiazole rings is 1. The van der Waals surface area contributed by atoms with E-state index >= 15 is 0 Å². The summed E-state index contributed by atoms with van der Waals surface area (Å²) in [5, 5.41) is 1.94. The van der Waals surface area contributed by atoms with E-state index in [-0.39, 0.29) is 12.3 Å². The molecule has 2 aromatic rings. The van der Waals surface area contributed by atoms with Crippen LogP contribution in [0, 0.1) is 0 Å². The molecule has 0 atom stereocenters. The van der Waals surface area contributed by atoms with Crippen LogP contribution in [0.15, 0.2) is 17.8 Å². The molecule has 2 aromatic heterocycles. The number of carbonyl (C=O) groups is 1. The number of fused-ring (bicyclic) bond motifs is 1. The number of carbonyl (C=O) groups excluding carboxylic acids is 1. The van der Waals surface area contributed by atoms with Gasteiger partial charge in [0.1, 0.15) is 0 Å². The number of imidazole rings is 1. The van der Waals surface area contributed by atoms with Crippen LogP contribution >= 0.6 is 11.3 Å². The van der Waals surface area contributed by atoms with Crippen LogP contribution in [0.4, 0.5) is 0 Å². The highest BCUT2D eigenvalue weighted by Crippen LogP contribution is 2.11. The minimum absolute atomic E-state index is 0.217. The smallest absolute Gasteiger partial charge is 0.223 e. The molecule has 0 bridgehead atoms. The quantitative estimate of drug-likeness (QED) is 0.730. The first-order chi connectivity index (χ1) is 5.75. The Bertz CT molecular complexity index is 388. The first-order valence-corrected chi connectivity index (χ1v) is 4.33. The van der Waals surface area contributed by atoms with Crippen LogP contribution < -0.4 is 5.73 Å². The first kappa shape index (κ1) is 7.30. The summed E-state index contributed by atoms with van der Waals surface area (Å²) >= 11 is 1.53. The van der Waals surface area contributed by atoms with E-state index in [2.05, 4.69) is 4.98 Å². The van der Waals surface area contributed by atoms with Gasteiger partial charge in [-0.25, -0.2) is 4.98 Å². The molecule has 0 aliphatic rings. The molecule has 0 aromatic carbocycles. The van der Waals surface area contributed by atoms with Crippen molar-refractivity contribution in [3.63, 3.8) is 0 Å². The van der Waals surface area contributed by atoms with Gasteiger partial charge in [-0.1, -0.05) is 0 Å². The Morgan fingerprint density at radius 2 is 2.58 bits per heavy atom. The lowest BCUT2D eigenvalue weighted by molar-refractivity contribution is -0.117. The number of nitrogens with two attached hydrogens (primary N) is 1. The molecule has 2 N–H and O–H groups in total. The molecule has 62 valence electrons. The number of rotatable bonds is 2. The molecule has 4 nitrogen and oxygen atoms in total. The maximum absolute atomic E-state index is 10.5. The van der Waals surface area contributed by atoms with Gasteiger partial charge in [0.2, 0.25) is 5.91 Å². The maximum Gasteiger partial charge on any atom is 0.223 e. The lowest BCUT2D eigenvalue weighted by atomic mass is 10.3. The fourth-order valence-corrected chi connectivity index (χ4v) is 1.76. The molecule has 0 radical (unpaired) electrons. The minimum Gasteiger partial charge on any atom is -0.369 e. The fraction of sp³-hybridized carbons (Fsp3) is 0.143. The summed E-state index contributed by atoms with van der Waals surface area (Å²) in [5.74, 6) is -0.347. The van der Waals surface area contributed by atoms with Crippen molar-refractivity contribution in [3.05, 3.63) is 23.5 Å². The standard InChI is InChI=1S/C7H7N3OS/c8-6(11)3-5-4-10-1-2-12-7(10)9-5/h1-2,4H,3H2,(H2,8,11). The molecule has 5 heteroatoms. The number of primary amides is 1. The van der Waals surface area contributed by atoms with Gasteiger partial charge in [0.05, 0.1) is 12.1 Å². The highest BCUT2D eigenvalue weighted by Gasteiger charge is 2.04. The van der Waals surface area contributed by atoms with Gasteiger partial charge in [-0.05, 0) is 0 Å². The Morgan fingerprint density at radius 1 is 1.75 bits per heavy atom. The second kappa shape index (κ2) is 2.60. The molecular weight excluding hydrogens is 174 g/mol. The second-order valence-corrected chi connectivity index (χ2v) is 3.34. The zero-order valence-corrected chi connectivity index (χ0v) is 7.04. The predicted octanol–water partition coefficient (Wildman–Crippen LogP) is 0.424. The minimum atomic E-state index is -0.347. The molecule has 12 heavy (non-hydrogen) atoms. The average molecular weight is 181 g/mol. The van der Waals surface area contributed by atoms with E-state index in [0.717, 1.165) is 10.7 Å². The number of hydrogen-bond donors (Lipinski definition) is 1. The van der Waals surface area contributed by atoms with Gasteiger partial charge in [0.15, 0.2) is 4.96 Å². The van der Waals surface area contributed by atoms with Gasteiger partial charge in [0.25, 0.3) is 0 Å². The molecule has 0 aliphatic carbocycles. The monoisotopic (exact) mass is 181 g/mol. The van der Waals surface area contributed by atoms with Gasteiger partial charge < -0.3 is 5.73 Å². The zero-order chi connectivity index (χ0) is 8.55. The van der Waals surface area contributed by atoms with E-state index in [9.17, 15) is 4.79 Å². The van der Waals surface area contributed by atoms with E-state index < -0.39 is 0 Å². The normalized spacial score (nSPS) is 10.7. The second-order valence-electron chi connectivity index (χ2n) is 2.47. The summed E-state index contributed by atoms with van der Waals surface area (Å²) in [4.78, 5) is 15.6. The van der Waals surface area contributed by atoms with Crippen molar-refractivity contribution in [3.8, 4) is 0 Å². The van der Waals surface area contributed by atoms with E-state index in [1.165, 1.54) is 11.3 Å². The number of aromatic nitrogens is 2. The summed E-state index contributed by atoms with van der Waals surface area (Å²) in [5.41, 5.74) is 5.76. The molecule has 0 fully saturated rings. The molecule has 0 unspecified atom stereocenters. The summed E-state index contributed by atoms with van der Waals surface area (Å²) in [6.45, 7) is 0. The van der Waals surface area contributed by atoms with Gasteiger partial charge >= 0.3 is 0 Å². The van der Waals surface area contributed by atoms with Crippen molar-refractivity contribution in [1.82, 2.24) is 9.38 Å². The number of nitrogens with zero attached hydrogens (tertiary/aromatic N) is 2. The van der Waals surface area contributed by atoms with Crippen LogP contribution in [-0.4, -0.2) is 15.3 Å². The van der Waals surface area contributed by atoms with Gasteiger partial charge in [-0.15, -0.1) is 11.3 Å². The lowest BCUT2D eigenvalue weighted by Crippen LogP contribution is -2.13. The Kier molecular flexibility index (Phi) is 1.58. The topological polar surface area (TPSA) is 60.4 Å². The lowest BCUT2D eigenvalue weighted by Gasteiger charge is -1.86. The van der Waals surface area contributed by atoms with Crippen molar-refractivity contribution >= 4 is 22.2 Å². The third kappa shape index (κ3) is 1.18. The van der Waals surface area contributed by atoms with E-state index in [4.69, 9.17) is 5.73 Å². The molecule has 2 heterocycles. The maximum atomic E-state index is 10.5. The first-order valence-electron chi connectivity index (χ1n) is 3.45. The zero-order valence-electron chi connectivity index (χ0n) is 6.23. The van der Waals surface area contributed by atoms with Crippen molar-refractivity contribution in [2.24, 2.45) is 5.73 Å². The molecule has 2 rings (SSSR count). The SMILES string of the molecule is NC(=O)Cc1cn2ccsc2n1. The fourth-order valence-electron chi connectivity index (χ4n) is 1.04. The van der Waals surface area contributed by atoms with Crippen LogP contribution in [0.1, 0.15) is 5.69 Å². The Hall–Kier alpha value is -1.36. The van der Waals surface area contributed by atoms with Crippen LogP contribution in [0.25, 0.3) is 4.96 Å². The van der Waals surface area contributed by atoms with Crippen LogP contribution in [0.3, 0.4) is 0 Å². The van der Waals surface area contributed by atoms with Crippen molar-refractivity contribution in [1.29, 1.82) is 0 Å². The molecular formula is C7H7N3OS. The summed E-state index contributed by atoms with van der Waals surface area (Å²) in [7, 11) is 0. The van der Waals surface area contributed by atoms with Crippen molar-refractivity contribution < 1.29 is 4.79 Å². The third-order valence-corrected chi connectivity index (χ3v) is 2.27. The van der Waals surface area contributed by atoms with Gasteiger partial charge in [-0.2, -0.15) is 0 Å². The Balaban J connectivity index is 2.38. The summed E-state index contributed by atoms with van der Waals surface area (Å²) in [6.07, 6.45) is 3.93. The Morgan fingerprint density at radius 3 is 3.25 bits per heavy atom. The molecule has 0 spiro atoms. The van der Waals surface area contributed by atoms with Crippen molar-refractivity contribution in [2.45, 2.75) is 6.42 Å². The number of amides is 1. The van der Waals surface area contributed by atoms with E-state index in [1.807, 2.05) is 22.2 Å². The van der Waals surface area contributed by atoms with Crippen LogP contribution in [0.5, 0.6) is 0 Å². The molecule has 0 aliphatic heterocycles. The summed E-state index contributed by atoms with van der Waals surface area (Å²) in [6, 6.07) is 0.